The average Bonchev–Trinajstić information content (AvgIpc) is 2.53. The number of methoxy groups -OCH3 is 1. The van der Waals surface area contributed by atoms with E-state index in [-0.39, 0.29) is 16.4 Å². The van der Waals surface area contributed by atoms with Crippen molar-refractivity contribution in [3.8, 4) is 0 Å². The molecule has 0 saturated carbocycles. The first-order chi connectivity index (χ1) is 11.4. The third kappa shape index (κ3) is 2.92. The molecule has 6 nitrogen and oxygen atoms in total. The number of rotatable bonds is 4. The van der Waals surface area contributed by atoms with Gasteiger partial charge in [-0.25, -0.2) is 13.2 Å². The fourth-order valence-corrected chi connectivity index (χ4v) is 4.24. The van der Waals surface area contributed by atoms with Crippen LogP contribution in [0.15, 0.2) is 47.5 Å². The second kappa shape index (κ2) is 6.33. The lowest BCUT2D eigenvalue weighted by Crippen LogP contribution is -2.48. The zero-order chi connectivity index (χ0) is 17.3. The van der Waals surface area contributed by atoms with E-state index in [0.717, 1.165) is 5.69 Å². The summed E-state index contributed by atoms with van der Waals surface area (Å²) in [5.41, 5.74) is 1.83. The van der Waals surface area contributed by atoms with Crippen LogP contribution in [-0.4, -0.2) is 43.9 Å². The highest BCUT2D eigenvalue weighted by molar-refractivity contribution is 7.89. The minimum Gasteiger partial charge on any atom is -0.465 e. The van der Waals surface area contributed by atoms with Gasteiger partial charge in [-0.15, -0.1) is 0 Å². The third-order valence-corrected chi connectivity index (χ3v) is 6.03. The number of esters is 1. The number of aryl methyl sites for hydroxylation is 1. The highest BCUT2D eigenvalue weighted by Crippen LogP contribution is 2.31. The van der Waals surface area contributed by atoms with E-state index in [1.165, 1.54) is 23.5 Å². The molecule has 0 aliphatic carbocycles. The number of hydrogen-bond donors (Lipinski definition) is 0. The molecule has 2 heterocycles. The fourth-order valence-electron chi connectivity index (χ4n) is 2.68. The Labute approximate surface area is 141 Å². The van der Waals surface area contributed by atoms with Crippen LogP contribution >= 0.6 is 0 Å². The summed E-state index contributed by atoms with van der Waals surface area (Å²) < 4.78 is 31.5. The summed E-state index contributed by atoms with van der Waals surface area (Å²) in [5, 5.41) is 0. The molecule has 0 spiro atoms. The van der Waals surface area contributed by atoms with Crippen molar-refractivity contribution in [3.63, 3.8) is 0 Å². The van der Waals surface area contributed by atoms with E-state index in [1.807, 2.05) is 18.2 Å². The number of hydrogen-bond acceptors (Lipinski definition) is 5. The average molecular weight is 346 g/mol. The van der Waals surface area contributed by atoms with Crippen LogP contribution in [0.5, 0.6) is 0 Å². The monoisotopic (exact) mass is 346 g/mol. The molecular formula is C17H18N2O4S. The Morgan fingerprint density at radius 1 is 1.25 bits per heavy atom. The van der Waals surface area contributed by atoms with Gasteiger partial charge in [0.25, 0.3) is 0 Å². The first-order valence-electron chi connectivity index (χ1n) is 7.53. The number of aromatic nitrogens is 1. The molecule has 7 heteroatoms. The molecule has 24 heavy (non-hydrogen) atoms. The maximum absolute atomic E-state index is 12.7. The van der Waals surface area contributed by atoms with Crippen LogP contribution in [0, 0.1) is 6.92 Å². The van der Waals surface area contributed by atoms with Crippen LogP contribution < -0.4 is 0 Å². The SMILES string of the molecule is COC(=O)c1cc(S(=O)(=O)N2CC(c3ccccn3)C2)ccc1C. The molecule has 0 atom stereocenters. The normalized spacial score (nSPS) is 15.8. The highest BCUT2D eigenvalue weighted by atomic mass is 32.2. The van der Waals surface area contributed by atoms with E-state index >= 15 is 0 Å². The lowest BCUT2D eigenvalue weighted by Gasteiger charge is -2.37. The zero-order valence-corrected chi connectivity index (χ0v) is 14.3. The van der Waals surface area contributed by atoms with Crippen molar-refractivity contribution in [1.29, 1.82) is 0 Å². The number of ether oxygens (including phenoxy) is 1. The molecule has 1 fully saturated rings. The molecule has 0 radical (unpaired) electrons. The predicted octanol–water partition coefficient (Wildman–Crippen LogP) is 1.96. The van der Waals surface area contributed by atoms with Gasteiger partial charge in [-0.05, 0) is 36.8 Å². The zero-order valence-electron chi connectivity index (χ0n) is 13.5. The fraction of sp³-hybridized carbons (Fsp3) is 0.294. The van der Waals surface area contributed by atoms with Crippen LogP contribution in [0.1, 0.15) is 27.5 Å². The van der Waals surface area contributed by atoms with Gasteiger partial charge in [0, 0.05) is 30.9 Å². The van der Waals surface area contributed by atoms with Crippen molar-refractivity contribution >= 4 is 16.0 Å². The second-order valence-electron chi connectivity index (χ2n) is 5.74. The number of carbonyl (C=O) groups is 1. The number of sulfonamides is 1. The number of nitrogens with zero attached hydrogens (tertiary/aromatic N) is 2. The van der Waals surface area contributed by atoms with Crippen molar-refractivity contribution in [3.05, 3.63) is 59.4 Å². The summed E-state index contributed by atoms with van der Waals surface area (Å²) >= 11 is 0. The number of carbonyl (C=O) groups excluding carboxylic acids is 1. The van der Waals surface area contributed by atoms with Gasteiger partial charge >= 0.3 is 5.97 Å². The molecule has 1 aromatic carbocycles. The van der Waals surface area contributed by atoms with E-state index in [9.17, 15) is 13.2 Å². The van der Waals surface area contributed by atoms with Gasteiger partial charge in [0.05, 0.1) is 17.6 Å². The van der Waals surface area contributed by atoms with Crippen LogP contribution in [-0.2, 0) is 14.8 Å². The van der Waals surface area contributed by atoms with Crippen molar-refractivity contribution < 1.29 is 17.9 Å². The Hall–Kier alpha value is -2.25. The van der Waals surface area contributed by atoms with Gasteiger partial charge in [-0.1, -0.05) is 12.1 Å². The minimum atomic E-state index is -3.63. The minimum absolute atomic E-state index is 0.103. The number of pyridine rings is 1. The van der Waals surface area contributed by atoms with Crippen molar-refractivity contribution in [2.24, 2.45) is 0 Å². The van der Waals surface area contributed by atoms with E-state index in [2.05, 4.69) is 4.98 Å². The molecule has 126 valence electrons. The van der Waals surface area contributed by atoms with Gasteiger partial charge in [-0.3, -0.25) is 4.98 Å². The first kappa shape index (κ1) is 16.6. The van der Waals surface area contributed by atoms with Crippen molar-refractivity contribution in [1.82, 2.24) is 9.29 Å². The summed E-state index contributed by atoms with van der Waals surface area (Å²) in [6.45, 7) is 2.52. The molecule has 0 N–H and O–H groups in total. The molecule has 1 aliphatic heterocycles. The van der Waals surface area contributed by atoms with E-state index in [4.69, 9.17) is 4.74 Å². The maximum Gasteiger partial charge on any atom is 0.338 e. The van der Waals surface area contributed by atoms with Crippen LogP contribution in [0.4, 0.5) is 0 Å². The summed E-state index contributed by atoms with van der Waals surface area (Å²) in [5.74, 6) is -0.439. The smallest absolute Gasteiger partial charge is 0.338 e. The van der Waals surface area contributed by atoms with E-state index in [1.54, 1.807) is 19.2 Å². The van der Waals surface area contributed by atoms with Crippen LogP contribution in [0.3, 0.4) is 0 Å². The molecule has 1 aliphatic rings. The van der Waals surface area contributed by atoms with Crippen molar-refractivity contribution in [2.45, 2.75) is 17.7 Å². The number of benzene rings is 1. The van der Waals surface area contributed by atoms with Gasteiger partial charge in [0.2, 0.25) is 10.0 Å². The lowest BCUT2D eigenvalue weighted by atomic mass is 9.99. The molecule has 2 aromatic rings. The Bertz CT molecular complexity index is 859. The first-order valence-corrected chi connectivity index (χ1v) is 8.97. The van der Waals surface area contributed by atoms with E-state index in [0.29, 0.717) is 18.7 Å². The molecule has 0 unspecified atom stereocenters. The Morgan fingerprint density at radius 3 is 2.62 bits per heavy atom. The van der Waals surface area contributed by atoms with E-state index < -0.39 is 16.0 Å². The molecular weight excluding hydrogens is 328 g/mol. The molecule has 0 amide bonds. The quantitative estimate of drug-likeness (QED) is 0.791. The maximum atomic E-state index is 12.7. The lowest BCUT2D eigenvalue weighted by molar-refractivity contribution is 0.0599. The summed E-state index contributed by atoms with van der Waals surface area (Å²) in [6.07, 6.45) is 1.70. The summed E-state index contributed by atoms with van der Waals surface area (Å²) in [4.78, 5) is 16.1. The van der Waals surface area contributed by atoms with Gasteiger partial charge in [-0.2, -0.15) is 4.31 Å². The van der Waals surface area contributed by atoms with Gasteiger partial charge in [0.1, 0.15) is 0 Å². The van der Waals surface area contributed by atoms with Crippen LogP contribution in [0.25, 0.3) is 0 Å². The Kier molecular flexibility index (Phi) is 4.38. The predicted molar refractivity (Wildman–Crippen MR) is 88.3 cm³/mol. The molecule has 3 rings (SSSR count). The molecule has 0 bridgehead atoms. The highest BCUT2D eigenvalue weighted by Gasteiger charge is 2.38. The Morgan fingerprint density at radius 2 is 2.00 bits per heavy atom. The third-order valence-electron chi connectivity index (χ3n) is 4.21. The topological polar surface area (TPSA) is 76.6 Å². The molecule has 1 aromatic heterocycles. The Balaban J connectivity index is 1.81. The second-order valence-corrected chi connectivity index (χ2v) is 7.68. The van der Waals surface area contributed by atoms with Crippen molar-refractivity contribution in [2.75, 3.05) is 20.2 Å². The summed E-state index contributed by atoms with van der Waals surface area (Å²) in [6, 6.07) is 10.1. The largest absolute Gasteiger partial charge is 0.465 e. The van der Waals surface area contributed by atoms with Gasteiger partial charge < -0.3 is 4.74 Å². The standard InChI is InChI=1S/C17H18N2O4S/c1-12-6-7-14(9-15(12)17(20)23-2)24(21,22)19-10-13(11-19)16-5-3-4-8-18-16/h3-9,13H,10-11H2,1-2H3. The molecule has 1 saturated heterocycles. The summed E-state index contributed by atoms with van der Waals surface area (Å²) in [7, 11) is -2.35. The van der Waals surface area contributed by atoms with Crippen LogP contribution in [0.2, 0.25) is 0 Å². The van der Waals surface area contributed by atoms with Gasteiger partial charge in [0.15, 0.2) is 0 Å².